The lowest BCUT2D eigenvalue weighted by atomic mass is 9.71. The van der Waals surface area contributed by atoms with Crippen LogP contribution in [0.15, 0.2) is 106 Å². The van der Waals surface area contributed by atoms with E-state index in [-0.39, 0.29) is 16.6 Å². The molecule has 36 heavy (non-hydrogen) atoms. The van der Waals surface area contributed by atoms with Crippen molar-refractivity contribution in [2.75, 3.05) is 0 Å². The lowest BCUT2D eigenvalue weighted by molar-refractivity contribution is -0.114. The summed E-state index contributed by atoms with van der Waals surface area (Å²) >= 11 is 7.72. The van der Waals surface area contributed by atoms with E-state index in [0.717, 1.165) is 37.7 Å². The lowest BCUT2D eigenvalue weighted by Crippen LogP contribution is -2.28. The van der Waals surface area contributed by atoms with Crippen LogP contribution in [0.1, 0.15) is 46.4 Å². The number of benzene rings is 2. The van der Waals surface area contributed by atoms with Gasteiger partial charge in [0.1, 0.15) is 5.70 Å². The molecule has 5 heteroatoms. The second-order valence-corrected chi connectivity index (χ2v) is 12.5. The number of thiophene rings is 1. The second-order valence-electron chi connectivity index (χ2n) is 11.0. The van der Waals surface area contributed by atoms with Gasteiger partial charge in [-0.15, -0.1) is 16.5 Å². The molecule has 1 aliphatic rings. The molecule has 0 amide bonds. The summed E-state index contributed by atoms with van der Waals surface area (Å²) in [4.78, 5) is 15.6. The van der Waals surface area contributed by atoms with E-state index in [4.69, 9.17) is 16.7 Å². The van der Waals surface area contributed by atoms with Gasteiger partial charge >= 0.3 is 0 Å². The van der Waals surface area contributed by atoms with E-state index < -0.39 is 0 Å². The Labute approximate surface area is 222 Å². The minimum atomic E-state index is -0.309. The Balaban J connectivity index is 1.93. The summed E-state index contributed by atoms with van der Waals surface area (Å²) in [5.74, 6) is 0.101. The van der Waals surface area contributed by atoms with E-state index in [0.29, 0.717) is 10.7 Å². The Morgan fingerprint density at radius 3 is 1.92 bits per heavy atom. The molecule has 0 aliphatic heterocycles. The highest BCUT2D eigenvalue weighted by Gasteiger charge is 2.34. The molecule has 3 nitrogen and oxygen atoms in total. The molecule has 0 saturated carbocycles. The number of carbonyl (C=O) groups excluding carboxylic acids is 1. The minimum absolute atomic E-state index is 0.101. The summed E-state index contributed by atoms with van der Waals surface area (Å²) in [6.45, 7) is 12.5. The standard InChI is InChI=1S/C31H31ClN2OS/c1-30(2,3)24-18-21(19-25(29(24)35)31(4,5)6)28(34-33-23-14-12-22(32)13-15-23)27-17-16-26(36-27)20-10-8-7-9-11-20/h7-19H,1-6H3. The highest BCUT2D eigenvalue weighted by Crippen LogP contribution is 2.42. The van der Waals surface area contributed by atoms with Crippen molar-refractivity contribution in [3.05, 3.63) is 106 Å². The van der Waals surface area contributed by atoms with E-state index in [2.05, 4.69) is 70.9 Å². The third-order valence-corrected chi connectivity index (χ3v) is 7.36. The number of Topliss-reactive ketones (excluding diaryl/α,β-unsaturated/α-hetero) is 1. The predicted molar refractivity (Wildman–Crippen MR) is 153 cm³/mol. The fourth-order valence-electron chi connectivity index (χ4n) is 3.97. The number of nitrogens with zero attached hydrogens (tertiary/aromatic N) is 2. The van der Waals surface area contributed by atoms with Crippen LogP contribution in [-0.4, -0.2) is 5.78 Å². The minimum Gasteiger partial charge on any atom is -0.289 e. The Morgan fingerprint density at radius 1 is 0.778 bits per heavy atom. The van der Waals surface area contributed by atoms with Crippen molar-refractivity contribution in [3.8, 4) is 10.4 Å². The van der Waals surface area contributed by atoms with Crippen molar-refractivity contribution >= 4 is 40.1 Å². The van der Waals surface area contributed by atoms with Crippen molar-refractivity contribution in [2.24, 2.45) is 21.1 Å². The van der Waals surface area contributed by atoms with Gasteiger partial charge in [-0.2, -0.15) is 5.11 Å². The molecule has 1 aliphatic carbocycles. The number of allylic oxidation sites excluding steroid dienone is 5. The van der Waals surface area contributed by atoms with E-state index in [1.54, 1.807) is 23.5 Å². The van der Waals surface area contributed by atoms with Crippen LogP contribution < -0.4 is 0 Å². The van der Waals surface area contributed by atoms with Crippen molar-refractivity contribution in [1.82, 2.24) is 0 Å². The molecule has 2 aromatic carbocycles. The summed E-state index contributed by atoms with van der Waals surface area (Å²) < 4.78 is 0. The maximum absolute atomic E-state index is 13.5. The summed E-state index contributed by atoms with van der Waals surface area (Å²) in [6, 6.07) is 21.8. The molecule has 0 N–H and O–H groups in total. The van der Waals surface area contributed by atoms with Crippen molar-refractivity contribution in [1.29, 1.82) is 0 Å². The SMILES string of the molecule is CC(C)(C)C1=CC(=C(N=Nc2ccc(Cl)cc2)c2ccc(-c3ccccc3)s2)C=C(C(C)(C)C)C1=O. The lowest BCUT2D eigenvalue weighted by Gasteiger charge is -2.31. The zero-order valence-corrected chi connectivity index (χ0v) is 23.2. The second kappa shape index (κ2) is 10.1. The number of hydrogen-bond donors (Lipinski definition) is 0. The van der Waals surface area contributed by atoms with Gasteiger partial charge < -0.3 is 0 Å². The molecule has 4 rings (SSSR count). The van der Waals surface area contributed by atoms with Crippen LogP contribution in [0.2, 0.25) is 5.02 Å². The molecule has 0 bridgehead atoms. The van der Waals surface area contributed by atoms with Gasteiger partial charge in [0.25, 0.3) is 0 Å². The normalized spacial score (nSPS) is 14.8. The van der Waals surface area contributed by atoms with Crippen LogP contribution in [0.25, 0.3) is 16.1 Å². The summed E-state index contributed by atoms with van der Waals surface area (Å²) in [6.07, 6.45) is 3.99. The van der Waals surface area contributed by atoms with Crippen molar-refractivity contribution in [3.63, 3.8) is 0 Å². The average molecular weight is 515 g/mol. The van der Waals surface area contributed by atoms with Crippen LogP contribution in [0.3, 0.4) is 0 Å². The average Bonchev–Trinajstić information content (AvgIpc) is 3.30. The Morgan fingerprint density at radius 2 is 1.36 bits per heavy atom. The predicted octanol–water partition coefficient (Wildman–Crippen LogP) is 10.1. The first-order valence-corrected chi connectivity index (χ1v) is 13.2. The van der Waals surface area contributed by atoms with E-state index in [9.17, 15) is 4.79 Å². The molecule has 1 heterocycles. The number of ketones is 1. The molecule has 184 valence electrons. The zero-order valence-electron chi connectivity index (χ0n) is 21.6. The summed E-state index contributed by atoms with van der Waals surface area (Å²) in [7, 11) is 0. The molecule has 0 saturated heterocycles. The van der Waals surface area contributed by atoms with Gasteiger partial charge in [-0.25, -0.2) is 0 Å². The number of azo groups is 1. The number of hydrogen-bond acceptors (Lipinski definition) is 4. The first kappa shape index (κ1) is 26.0. The van der Waals surface area contributed by atoms with Gasteiger partial charge in [-0.1, -0.05) is 83.5 Å². The maximum atomic E-state index is 13.5. The van der Waals surface area contributed by atoms with Crippen molar-refractivity contribution < 1.29 is 4.79 Å². The number of halogens is 1. The molecular weight excluding hydrogens is 484 g/mol. The number of carbonyl (C=O) groups is 1. The highest BCUT2D eigenvalue weighted by atomic mass is 35.5. The van der Waals surface area contributed by atoms with Crippen LogP contribution in [-0.2, 0) is 4.79 Å². The Hall–Kier alpha value is -3.08. The first-order chi connectivity index (χ1) is 16.9. The van der Waals surface area contributed by atoms with Crippen LogP contribution in [0.4, 0.5) is 5.69 Å². The Kier molecular flexibility index (Phi) is 7.31. The topological polar surface area (TPSA) is 41.8 Å². The van der Waals surface area contributed by atoms with Gasteiger partial charge in [0.2, 0.25) is 0 Å². The quantitative estimate of drug-likeness (QED) is 0.319. The highest BCUT2D eigenvalue weighted by molar-refractivity contribution is 7.16. The fourth-order valence-corrected chi connectivity index (χ4v) is 5.11. The van der Waals surface area contributed by atoms with E-state index >= 15 is 0 Å². The fraction of sp³-hybridized carbons (Fsp3) is 0.258. The third kappa shape index (κ3) is 5.83. The smallest absolute Gasteiger partial charge is 0.186 e. The van der Waals surface area contributed by atoms with Crippen LogP contribution in [0.5, 0.6) is 0 Å². The maximum Gasteiger partial charge on any atom is 0.186 e. The van der Waals surface area contributed by atoms with Gasteiger partial charge in [-0.05, 0) is 64.9 Å². The van der Waals surface area contributed by atoms with Crippen LogP contribution >= 0.6 is 22.9 Å². The molecule has 3 aromatic rings. The summed E-state index contributed by atoms with van der Waals surface area (Å²) in [5, 5.41) is 9.95. The third-order valence-electron chi connectivity index (χ3n) is 5.97. The molecular formula is C31H31ClN2OS. The molecule has 0 fully saturated rings. The van der Waals surface area contributed by atoms with Crippen LogP contribution in [0, 0.1) is 10.8 Å². The number of rotatable bonds is 4. The zero-order chi connectivity index (χ0) is 26.1. The van der Waals surface area contributed by atoms with Gasteiger partial charge in [-0.3, -0.25) is 4.79 Å². The summed E-state index contributed by atoms with van der Waals surface area (Å²) in [5.41, 5.74) is 4.45. The largest absolute Gasteiger partial charge is 0.289 e. The molecule has 0 radical (unpaired) electrons. The molecule has 0 unspecified atom stereocenters. The van der Waals surface area contributed by atoms with Crippen molar-refractivity contribution in [2.45, 2.75) is 41.5 Å². The van der Waals surface area contributed by atoms with Gasteiger partial charge in [0.15, 0.2) is 5.78 Å². The molecule has 0 spiro atoms. The molecule has 0 atom stereocenters. The van der Waals surface area contributed by atoms with E-state index in [1.807, 2.05) is 42.5 Å². The van der Waals surface area contributed by atoms with E-state index in [1.165, 1.54) is 0 Å². The van der Waals surface area contributed by atoms with Gasteiger partial charge in [0, 0.05) is 26.6 Å². The first-order valence-electron chi connectivity index (χ1n) is 12.0. The molecule has 1 aromatic heterocycles. The van der Waals surface area contributed by atoms with Gasteiger partial charge in [0.05, 0.1) is 10.6 Å². The monoisotopic (exact) mass is 514 g/mol. The Bertz CT molecular complexity index is 1360.